The van der Waals surface area contributed by atoms with Crippen molar-refractivity contribution in [2.24, 2.45) is 0 Å². The third-order valence-corrected chi connectivity index (χ3v) is 6.02. The van der Waals surface area contributed by atoms with Crippen molar-refractivity contribution in [1.29, 1.82) is 0 Å². The van der Waals surface area contributed by atoms with Crippen molar-refractivity contribution in [3.63, 3.8) is 0 Å². The van der Waals surface area contributed by atoms with Crippen molar-refractivity contribution >= 4 is 34.8 Å². The summed E-state index contributed by atoms with van der Waals surface area (Å²) >= 11 is 18.1. The zero-order chi connectivity index (χ0) is 26.1. The van der Waals surface area contributed by atoms with E-state index in [2.05, 4.69) is 85.0 Å². The molecule has 1 saturated heterocycles. The van der Waals surface area contributed by atoms with Crippen molar-refractivity contribution in [1.82, 2.24) is 9.80 Å². The van der Waals surface area contributed by atoms with Crippen LogP contribution in [0, 0.1) is 0 Å². The van der Waals surface area contributed by atoms with Crippen molar-refractivity contribution < 1.29 is 4.74 Å². The van der Waals surface area contributed by atoms with Crippen molar-refractivity contribution in [2.45, 2.75) is 38.4 Å². The van der Waals surface area contributed by atoms with Crippen LogP contribution in [0.1, 0.15) is 25.3 Å². The highest BCUT2D eigenvalue weighted by Gasteiger charge is 2.33. The number of nitrogens with zero attached hydrogens (tertiary/aromatic N) is 2. The highest BCUT2D eigenvalue weighted by atomic mass is 35.5. The van der Waals surface area contributed by atoms with E-state index < -0.39 is 0 Å². The van der Waals surface area contributed by atoms with Crippen LogP contribution < -0.4 is 0 Å². The molecule has 6 heteroatoms. The van der Waals surface area contributed by atoms with Crippen LogP contribution in [0.25, 0.3) is 0 Å². The number of hydrogen-bond donors (Lipinski definition) is 0. The van der Waals surface area contributed by atoms with Crippen LogP contribution in [-0.2, 0) is 11.3 Å². The lowest BCUT2D eigenvalue weighted by molar-refractivity contribution is 0.00606. The second-order valence-corrected chi connectivity index (χ2v) is 9.27. The van der Waals surface area contributed by atoms with E-state index in [4.69, 9.17) is 39.5 Å². The summed E-state index contributed by atoms with van der Waals surface area (Å²) in [7, 11) is 1.77. The van der Waals surface area contributed by atoms with Crippen LogP contribution >= 0.6 is 34.8 Å². The van der Waals surface area contributed by atoms with Gasteiger partial charge in [-0.1, -0.05) is 85.3 Å². The molecule has 0 aromatic heterocycles. The highest BCUT2D eigenvalue weighted by Crippen LogP contribution is 2.26. The molecule has 35 heavy (non-hydrogen) atoms. The van der Waals surface area contributed by atoms with E-state index in [1.54, 1.807) is 13.2 Å². The van der Waals surface area contributed by atoms with Gasteiger partial charge in [0.25, 0.3) is 0 Å². The number of allylic oxidation sites excluding steroid dienone is 7. The molecule has 0 bridgehead atoms. The summed E-state index contributed by atoms with van der Waals surface area (Å²) in [5.41, 5.74) is 2.51. The van der Waals surface area contributed by atoms with Crippen LogP contribution in [0.2, 0.25) is 0 Å². The number of alkyl halides is 1. The molecule has 0 amide bonds. The fraction of sp³-hybridized carbons (Fsp3) is 0.379. The van der Waals surface area contributed by atoms with Crippen LogP contribution in [0.3, 0.4) is 0 Å². The second-order valence-electron chi connectivity index (χ2n) is 8.04. The van der Waals surface area contributed by atoms with Crippen molar-refractivity contribution in [2.75, 3.05) is 32.7 Å². The molecule has 0 saturated carbocycles. The quantitative estimate of drug-likeness (QED) is 0.153. The highest BCUT2D eigenvalue weighted by molar-refractivity contribution is 6.35. The van der Waals surface area contributed by atoms with Gasteiger partial charge >= 0.3 is 0 Å². The van der Waals surface area contributed by atoms with Gasteiger partial charge in [0.05, 0.1) is 12.6 Å². The predicted molar refractivity (Wildman–Crippen MR) is 155 cm³/mol. The van der Waals surface area contributed by atoms with Gasteiger partial charge in [0.2, 0.25) is 0 Å². The Bertz CT molecular complexity index is 864. The molecule has 0 N–H and O–H groups in total. The van der Waals surface area contributed by atoms with E-state index in [0.29, 0.717) is 22.6 Å². The van der Waals surface area contributed by atoms with Crippen LogP contribution in [0.4, 0.5) is 0 Å². The van der Waals surface area contributed by atoms with Gasteiger partial charge < -0.3 is 9.64 Å². The molecule has 1 heterocycles. The third-order valence-electron chi connectivity index (χ3n) is 5.50. The van der Waals surface area contributed by atoms with E-state index in [-0.39, 0.29) is 12.1 Å². The molecule has 1 aromatic carbocycles. The number of benzene rings is 1. The monoisotopic (exact) mass is 536 g/mol. The number of hydrogen-bond acceptors (Lipinski definition) is 3. The van der Waals surface area contributed by atoms with Crippen LogP contribution in [0.5, 0.6) is 0 Å². The molecular weight excluding hydrogens is 499 g/mol. The summed E-state index contributed by atoms with van der Waals surface area (Å²) in [5.74, 6) is 0.490. The van der Waals surface area contributed by atoms with Crippen molar-refractivity contribution in [3.8, 4) is 0 Å². The normalized spacial score (nSPS) is 19.7. The first kappa shape index (κ1) is 31.3. The van der Waals surface area contributed by atoms with E-state index in [1.165, 1.54) is 11.3 Å². The predicted octanol–water partition coefficient (Wildman–Crippen LogP) is 7.90. The fourth-order valence-electron chi connectivity index (χ4n) is 4.08. The van der Waals surface area contributed by atoms with Gasteiger partial charge in [0.1, 0.15) is 0 Å². The van der Waals surface area contributed by atoms with Gasteiger partial charge in [0.15, 0.2) is 0 Å². The summed E-state index contributed by atoms with van der Waals surface area (Å²) in [6.45, 7) is 15.2. The lowest BCUT2D eigenvalue weighted by Crippen LogP contribution is -2.58. The Morgan fingerprint density at radius 3 is 2.40 bits per heavy atom. The molecule has 1 aromatic rings. The Labute approximate surface area is 227 Å². The molecule has 3 nitrogen and oxygen atoms in total. The number of halogens is 3. The number of piperazine rings is 1. The largest absolute Gasteiger partial charge is 0.383 e. The summed E-state index contributed by atoms with van der Waals surface area (Å²) in [6.07, 6.45) is 13.9. The molecule has 0 radical (unpaired) electrons. The maximum absolute atomic E-state index is 6.26. The van der Waals surface area contributed by atoms with Gasteiger partial charge in [-0.2, -0.15) is 0 Å². The van der Waals surface area contributed by atoms with Gasteiger partial charge in [-0.05, 0) is 36.6 Å². The molecular formula is C29H39Cl3N2O. The zero-order valence-corrected chi connectivity index (χ0v) is 23.3. The number of ether oxygens (including phenoxy) is 1. The smallest absolute Gasteiger partial charge is 0.0635 e. The molecule has 192 valence electrons. The van der Waals surface area contributed by atoms with E-state index in [0.717, 1.165) is 32.5 Å². The molecule has 0 spiro atoms. The topological polar surface area (TPSA) is 15.7 Å². The minimum absolute atomic E-state index is 0.277. The Morgan fingerprint density at radius 2 is 1.80 bits per heavy atom. The third kappa shape index (κ3) is 11.7. The maximum Gasteiger partial charge on any atom is 0.0635 e. The van der Waals surface area contributed by atoms with Crippen LogP contribution in [-0.4, -0.2) is 54.6 Å². The molecule has 1 aliphatic heterocycles. The summed E-state index contributed by atoms with van der Waals surface area (Å²) in [4.78, 5) is 5.01. The second kappa shape index (κ2) is 18.5. The first-order chi connectivity index (χ1) is 17.0. The average Bonchev–Trinajstić information content (AvgIpc) is 2.85. The van der Waals surface area contributed by atoms with Gasteiger partial charge in [-0.3, -0.25) is 4.90 Å². The average molecular weight is 538 g/mol. The SMILES string of the molecule is C=C.C=C(Cl)/C=C(Cl)\C=C/C[C@@H]1CN(Cc2ccccc2)[C@H](COC)CN1C(/C=C\CCl)=C/CC. The minimum atomic E-state index is 0.277. The minimum Gasteiger partial charge on any atom is -0.383 e. The van der Waals surface area contributed by atoms with Crippen molar-refractivity contribution in [3.05, 3.63) is 108 Å². The van der Waals surface area contributed by atoms with Crippen LogP contribution in [0.15, 0.2) is 102 Å². The molecule has 2 atom stereocenters. The number of methoxy groups -OCH3 is 1. The Hall–Kier alpha value is -1.75. The first-order valence-electron chi connectivity index (χ1n) is 11.8. The maximum atomic E-state index is 6.26. The fourth-order valence-corrected chi connectivity index (χ4v) is 4.56. The molecule has 1 aliphatic rings. The molecule has 0 aliphatic carbocycles. The molecule has 2 rings (SSSR count). The number of rotatable bonds is 12. The first-order valence-corrected chi connectivity index (χ1v) is 13.1. The zero-order valence-electron chi connectivity index (χ0n) is 21.0. The van der Waals surface area contributed by atoms with E-state index in [1.807, 2.05) is 12.2 Å². The summed E-state index contributed by atoms with van der Waals surface area (Å²) in [6, 6.07) is 11.2. The standard InChI is InChI=1S/C27H35Cl3N2O.C2H4/c1-4-10-25(15-9-16-28)32-20-27(21-33-3)31(18-23-11-6-5-7-12-23)19-26(32)14-8-13-24(30)17-22(2)29;1-2/h5-13,15,17,26-27H,2,4,14,16,18-21H2,1,3H3;1-2H2/b13-8-,15-9-,24-17+,25-10+;/t26-,27+;/m1./s1. The Balaban J connectivity index is 0.00000298. The lowest BCUT2D eigenvalue weighted by Gasteiger charge is -2.48. The van der Waals surface area contributed by atoms with Gasteiger partial charge in [0, 0.05) is 54.4 Å². The Morgan fingerprint density at radius 1 is 1.09 bits per heavy atom. The lowest BCUT2D eigenvalue weighted by atomic mass is 10.0. The van der Waals surface area contributed by atoms with Gasteiger partial charge in [-0.25, -0.2) is 0 Å². The van der Waals surface area contributed by atoms with E-state index >= 15 is 0 Å². The van der Waals surface area contributed by atoms with E-state index in [9.17, 15) is 0 Å². The molecule has 0 unspecified atom stereocenters. The van der Waals surface area contributed by atoms with Gasteiger partial charge in [-0.15, -0.1) is 24.8 Å². The summed E-state index contributed by atoms with van der Waals surface area (Å²) in [5, 5.41) is 0.988. The Kier molecular flexibility index (Phi) is 16.5. The summed E-state index contributed by atoms with van der Waals surface area (Å²) < 4.78 is 5.62. The molecule has 1 fully saturated rings.